The number of furan rings is 1. The van der Waals surface area contributed by atoms with Gasteiger partial charge in [-0.1, -0.05) is 6.42 Å². The maximum Gasteiger partial charge on any atom is 0.289 e. The Morgan fingerprint density at radius 3 is 2.12 bits per heavy atom. The lowest BCUT2D eigenvalue weighted by Gasteiger charge is -2.34. The first kappa shape index (κ1) is 24.1. The van der Waals surface area contributed by atoms with E-state index in [-0.39, 0.29) is 24.2 Å². The highest BCUT2D eigenvalue weighted by Crippen LogP contribution is 2.16. The Morgan fingerprint density at radius 1 is 0.844 bits per heavy atom. The molecule has 2 amide bonds. The Labute approximate surface area is 195 Å². The summed E-state index contributed by atoms with van der Waals surface area (Å²) in [4.78, 5) is 31.2. The molecule has 2 aromatic rings. The number of carbonyl (C=O) groups is 2. The van der Waals surface area contributed by atoms with Crippen molar-refractivity contribution in [3.05, 3.63) is 54.0 Å². The summed E-state index contributed by atoms with van der Waals surface area (Å²) in [6.45, 7) is 6.23. The van der Waals surface area contributed by atoms with Gasteiger partial charge in [-0.05, 0) is 68.8 Å². The molecule has 0 N–H and O–H groups in total. The first-order valence-corrected chi connectivity index (χ1v) is 11.3. The molecule has 0 unspecified atom stereocenters. The van der Waals surface area contributed by atoms with Crippen LogP contribution in [0.1, 0.15) is 46.6 Å². The molecular formula is C24H32ClN3O4. The first-order valence-electron chi connectivity index (χ1n) is 11.3. The highest BCUT2D eigenvalue weighted by Gasteiger charge is 2.26. The molecule has 0 atom stereocenters. The second kappa shape index (κ2) is 11.9. The number of rotatable bonds is 7. The fraction of sp³-hybridized carbons (Fsp3) is 0.500. The molecule has 1 aromatic heterocycles. The van der Waals surface area contributed by atoms with Gasteiger partial charge in [-0.15, -0.1) is 12.4 Å². The summed E-state index contributed by atoms with van der Waals surface area (Å²) >= 11 is 0. The molecular weight excluding hydrogens is 430 g/mol. The minimum Gasteiger partial charge on any atom is -0.494 e. The number of hydrogen-bond donors (Lipinski definition) is 0. The van der Waals surface area contributed by atoms with Crippen LogP contribution in [0.25, 0.3) is 0 Å². The van der Waals surface area contributed by atoms with Crippen LogP contribution in [0.5, 0.6) is 5.75 Å². The highest BCUT2D eigenvalue weighted by atomic mass is 35.5. The van der Waals surface area contributed by atoms with E-state index in [9.17, 15) is 9.59 Å². The third-order valence-corrected chi connectivity index (χ3v) is 6.02. The predicted molar refractivity (Wildman–Crippen MR) is 125 cm³/mol. The van der Waals surface area contributed by atoms with Crippen molar-refractivity contribution in [2.75, 3.05) is 52.4 Å². The van der Waals surface area contributed by atoms with Crippen LogP contribution in [0.4, 0.5) is 0 Å². The lowest BCUT2D eigenvalue weighted by molar-refractivity contribution is 0.0518. The minimum atomic E-state index is -0.126. The number of carbonyl (C=O) groups excluding carboxylic acids is 2. The van der Waals surface area contributed by atoms with Gasteiger partial charge in [0.05, 0.1) is 12.9 Å². The standard InChI is InChI=1S/C24H31N3O4.ClH/c28-23(26-14-16-27(17-15-26)24(29)22-6-4-18-31-22)20-7-9-21(10-8-20)30-19-5-13-25-11-2-1-3-12-25;/h4,6-10,18H,1-3,5,11-17,19H2;1H. The third-order valence-electron chi connectivity index (χ3n) is 6.02. The monoisotopic (exact) mass is 461 g/mol. The van der Waals surface area contributed by atoms with Gasteiger partial charge in [-0.3, -0.25) is 9.59 Å². The molecule has 2 saturated heterocycles. The van der Waals surface area contributed by atoms with Crippen molar-refractivity contribution in [2.24, 2.45) is 0 Å². The summed E-state index contributed by atoms with van der Waals surface area (Å²) in [6, 6.07) is 10.7. The number of nitrogens with zero attached hydrogens (tertiary/aromatic N) is 3. The number of halogens is 1. The second-order valence-electron chi connectivity index (χ2n) is 8.19. The number of ether oxygens (including phenoxy) is 1. The van der Waals surface area contributed by atoms with Gasteiger partial charge in [0.2, 0.25) is 0 Å². The quantitative estimate of drug-likeness (QED) is 0.590. The van der Waals surface area contributed by atoms with Crippen LogP contribution < -0.4 is 4.74 Å². The highest BCUT2D eigenvalue weighted by molar-refractivity contribution is 5.95. The molecule has 2 aliphatic heterocycles. The van der Waals surface area contributed by atoms with Crippen LogP contribution in [-0.2, 0) is 0 Å². The van der Waals surface area contributed by atoms with E-state index in [1.54, 1.807) is 21.9 Å². The minimum absolute atomic E-state index is 0. The van der Waals surface area contributed by atoms with E-state index in [1.165, 1.54) is 38.6 Å². The zero-order valence-corrected chi connectivity index (χ0v) is 19.2. The smallest absolute Gasteiger partial charge is 0.289 e. The molecule has 2 aliphatic rings. The van der Waals surface area contributed by atoms with E-state index in [0.717, 1.165) is 18.7 Å². The summed E-state index contributed by atoms with van der Waals surface area (Å²) in [7, 11) is 0. The molecule has 32 heavy (non-hydrogen) atoms. The van der Waals surface area contributed by atoms with Crippen molar-refractivity contribution in [2.45, 2.75) is 25.7 Å². The fourth-order valence-electron chi connectivity index (χ4n) is 4.21. The van der Waals surface area contributed by atoms with Crippen molar-refractivity contribution < 1.29 is 18.7 Å². The van der Waals surface area contributed by atoms with Crippen LogP contribution in [0.2, 0.25) is 0 Å². The van der Waals surface area contributed by atoms with Crippen LogP contribution in [0.15, 0.2) is 47.1 Å². The first-order chi connectivity index (χ1) is 15.2. The van der Waals surface area contributed by atoms with E-state index in [1.807, 2.05) is 24.3 Å². The molecule has 0 radical (unpaired) electrons. The van der Waals surface area contributed by atoms with Gasteiger partial charge in [0.1, 0.15) is 5.75 Å². The van der Waals surface area contributed by atoms with E-state index >= 15 is 0 Å². The Morgan fingerprint density at radius 2 is 1.50 bits per heavy atom. The molecule has 0 saturated carbocycles. The second-order valence-corrected chi connectivity index (χ2v) is 8.19. The molecule has 0 aliphatic carbocycles. The zero-order valence-electron chi connectivity index (χ0n) is 18.4. The van der Waals surface area contributed by atoms with Crippen LogP contribution in [0.3, 0.4) is 0 Å². The summed E-state index contributed by atoms with van der Waals surface area (Å²) in [5.41, 5.74) is 0.645. The normalized spacial score (nSPS) is 17.0. The largest absolute Gasteiger partial charge is 0.494 e. The van der Waals surface area contributed by atoms with Crippen LogP contribution in [-0.4, -0.2) is 78.9 Å². The van der Waals surface area contributed by atoms with Crippen molar-refractivity contribution in [3.63, 3.8) is 0 Å². The molecule has 2 fully saturated rings. The van der Waals surface area contributed by atoms with Gasteiger partial charge in [0.25, 0.3) is 11.8 Å². The van der Waals surface area contributed by atoms with E-state index < -0.39 is 0 Å². The van der Waals surface area contributed by atoms with E-state index in [2.05, 4.69) is 4.90 Å². The molecule has 8 heteroatoms. The number of piperazine rings is 1. The van der Waals surface area contributed by atoms with Crippen molar-refractivity contribution >= 4 is 24.2 Å². The molecule has 0 spiro atoms. The number of benzene rings is 1. The molecule has 174 valence electrons. The SMILES string of the molecule is Cl.O=C(c1ccc(OCCCN2CCCCC2)cc1)N1CCN(C(=O)c2ccco2)CC1. The predicted octanol–water partition coefficient (Wildman–Crippen LogP) is 3.55. The Hall–Kier alpha value is -2.51. The van der Waals surface area contributed by atoms with Gasteiger partial charge in [0, 0.05) is 38.3 Å². The number of likely N-dealkylation sites (tertiary alicyclic amines) is 1. The Bertz CT molecular complexity index is 843. The average Bonchev–Trinajstić information content (AvgIpc) is 3.37. The summed E-state index contributed by atoms with van der Waals surface area (Å²) in [6.07, 6.45) is 6.49. The molecule has 4 rings (SSSR count). The van der Waals surface area contributed by atoms with Gasteiger partial charge in [0.15, 0.2) is 5.76 Å². The van der Waals surface area contributed by atoms with Crippen molar-refractivity contribution in [3.8, 4) is 5.75 Å². The van der Waals surface area contributed by atoms with Crippen molar-refractivity contribution in [1.82, 2.24) is 14.7 Å². The lowest BCUT2D eigenvalue weighted by Crippen LogP contribution is -2.50. The topological polar surface area (TPSA) is 66.2 Å². The molecule has 7 nitrogen and oxygen atoms in total. The van der Waals surface area contributed by atoms with Gasteiger partial charge in [-0.25, -0.2) is 0 Å². The maximum absolute atomic E-state index is 12.8. The summed E-state index contributed by atoms with van der Waals surface area (Å²) in [5.74, 6) is 0.996. The van der Waals surface area contributed by atoms with Crippen LogP contribution in [0, 0.1) is 0 Å². The van der Waals surface area contributed by atoms with Gasteiger partial charge >= 0.3 is 0 Å². The molecule has 0 bridgehead atoms. The molecule has 1 aromatic carbocycles. The number of piperidine rings is 1. The Balaban J connectivity index is 0.00000289. The average molecular weight is 462 g/mol. The fourth-order valence-corrected chi connectivity index (χ4v) is 4.21. The van der Waals surface area contributed by atoms with Crippen molar-refractivity contribution in [1.29, 1.82) is 0 Å². The number of hydrogen-bond acceptors (Lipinski definition) is 5. The number of amides is 2. The maximum atomic E-state index is 12.8. The lowest BCUT2D eigenvalue weighted by atomic mass is 10.1. The molecule has 3 heterocycles. The van der Waals surface area contributed by atoms with E-state index in [4.69, 9.17) is 9.15 Å². The zero-order chi connectivity index (χ0) is 21.5. The van der Waals surface area contributed by atoms with E-state index in [0.29, 0.717) is 44.1 Å². The summed E-state index contributed by atoms with van der Waals surface area (Å²) in [5, 5.41) is 0. The van der Waals surface area contributed by atoms with Gasteiger partial charge in [-0.2, -0.15) is 0 Å². The van der Waals surface area contributed by atoms with Crippen LogP contribution >= 0.6 is 12.4 Å². The Kier molecular flexibility index (Phi) is 9.00. The third kappa shape index (κ3) is 6.26. The van der Waals surface area contributed by atoms with Gasteiger partial charge < -0.3 is 23.9 Å². The summed E-state index contributed by atoms with van der Waals surface area (Å²) < 4.78 is 11.0.